The van der Waals surface area contributed by atoms with Crippen LogP contribution in [-0.4, -0.2) is 36.1 Å². The van der Waals surface area contributed by atoms with Crippen molar-refractivity contribution in [3.05, 3.63) is 53.4 Å². The van der Waals surface area contributed by atoms with Gasteiger partial charge in [-0.25, -0.2) is 0 Å². The van der Waals surface area contributed by atoms with E-state index >= 15 is 0 Å². The molecule has 0 aliphatic heterocycles. The molecule has 0 aliphatic carbocycles. The van der Waals surface area contributed by atoms with Crippen molar-refractivity contribution in [2.24, 2.45) is 0 Å². The van der Waals surface area contributed by atoms with Crippen molar-refractivity contribution in [2.75, 3.05) is 20.0 Å². The lowest BCUT2D eigenvalue weighted by atomic mass is 10.2. The van der Waals surface area contributed by atoms with Crippen molar-refractivity contribution in [1.82, 2.24) is 10.1 Å². The molecule has 0 amide bonds. The normalized spacial score (nSPS) is 10.6. The quantitative estimate of drug-likeness (QED) is 0.400. The highest BCUT2D eigenvalue weighted by molar-refractivity contribution is 8.00. The number of benzene rings is 2. The molecule has 0 fully saturated rings. The van der Waals surface area contributed by atoms with Crippen LogP contribution in [0.15, 0.2) is 45.8 Å². The minimum absolute atomic E-state index is 0.0856. The Labute approximate surface area is 173 Å². The Morgan fingerprint density at radius 3 is 2.66 bits per heavy atom. The number of esters is 1. The van der Waals surface area contributed by atoms with E-state index in [4.69, 9.17) is 18.7 Å². The zero-order chi connectivity index (χ0) is 20.8. The van der Waals surface area contributed by atoms with Crippen molar-refractivity contribution in [3.8, 4) is 22.9 Å². The van der Waals surface area contributed by atoms with Crippen LogP contribution in [0, 0.1) is 13.8 Å². The Balaban J connectivity index is 1.57. The van der Waals surface area contributed by atoms with Crippen LogP contribution in [0.5, 0.6) is 11.5 Å². The molecule has 0 saturated heterocycles. The summed E-state index contributed by atoms with van der Waals surface area (Å²) in [6, 6.07) is 11.4. The fourth-order valence-corrected chi connectivity index (χ4v) is 3.50. The molecule has 7 nitrogen and oxygen atoms in total. The molecule has 3 rings (SSSR count). The second kappa shape index (κ2) is 9.47. The fourth-order valence-electron chi connectivity index (χ4n) is 2.69. The molecule has 0 radical (unpaired) electrons. The van der Waals surface area contributed by atoms with Crippen LogP contribution >= 0.6 is 11.8 Å². The zero-order valence-electron chi connectivity index (χ0n) is 16.7. The van der Waals surface area contributed by atoms with Gasteiger partial charge in [-0.1, -0.05) is 22.9 Å². The van der Waals surface area contributed by atoms with E-state index in [1.54, 1.807) is 32.4 Å². The summed E-state index contributed by atoms with van der Waals surface area (Å²) in [5, 5.41) is 3.94. The molecule has 0 N–H and O–H groups in total. The van der Waals surface area contributed by atoms with Gasteiger partial charge in [0.05, 0.1) is 25.5 Å². The van der Waals surface area contributed by atoms with E-state index in [9.17, 15) is 4.79 Å². The molecule has 2 aromatic carbocycles. The first-order valence-electron chi connectivity index (χ1n) is 8.91. The van der Waals surface area contributed by atoms with Gasteiger partial charge in [-0.05, 0) is 37.6 Å². The number of aryl methyl sites for hydroxylation is 2. The minimum atomic E-state index is -0.350. The smallest absolute Gasteiger partial charge is 0.316 e. The van der Waals surface area contributed by atoms with Gasteiger partial charge in [0.2, 0.25) is 5.82 Å². The Kier molecular flexibility index (Phi) is 6.77. The van der Waals surface area contributed by atoms with Gasteiger partial charge < -0.3 is 18.7 Å². The number of carbonyl (C=O) groups excluding carboxylic acids is 1. The number of nitrogens with zero attached hydrogens (tertiary/aromatic N) is 2. The average molecular weight is 414 g/mol. The van der Waals surface area contributed by atoms with Crippen LogP contribution in [0.2, 0.25) is 0 Å². The van der Waals surface area contributed by atoms with Gasteiger partial charge in [0.15, 0.2) is 6.61 Å². The van der Waals surface area contributed by atoms with Crippen LogP contribution in [0.1, 0.15) is 17.0 Å². The lowest BCUT2D eigenvalue weighted by Gasteiger charge is -2.07. The van der Waals surface area contributed by atoms with Crippen LogP contribution in [0.3, 0.4) is 0 Å². The number of rotatable bonds is 8. The highest BCUT2D eigenvalue weighted by Crippen LogP contribution is 2.31. The van der Waals surface area contributed by atoms with Crippen molar-refractivity contribution < 1.29 is 23.5 Å². The van der Waals surface area contributed by atoms with E-state index in [0.717, 1.165) is 10.5 Å². The maximum absolute atomic E-state index is 12.0. The summed E-state index contributed by atoms with van der Waals surface area (Å²) in [7, 11) is 3.13. The molecule has 152 valence electrons. The SMILES string of the molecule is COc1ccc(-c2noc(COC(=O)CSc3ccc(C)cc3C)n2)c(OC)c1. The predicted octanol–water partition coefficient (Wildman–Crippen LogP) is 4.21. The van der Waals surface area contributed by atoms with Gasteiger partial charge in [-0.3, -0.25) is 4.79 Å². The van der Waals surface area contributed by atoms with E-state index in [-0.39, 0.29) is 24.2 Å². The van der Waals surface area contributed by atoms with Gasteiger partial charge in [0.25, 0.3) is 5.89 Å². The number of aromatic nitrogens is 2. The molecular weight excluding hydrogens is 392 g/mol. The van der Waals surface area contributed by atoms with Gasteiger partial charge in [-0.2, -0.15) is 4.98 Å². The molecule has 0 saturated carbocycles. The summed E-state index contributed by atoms with van der Waals surface area (Å²) in [4.78, 5) is 17.4. The molecule has 0 unspecified atom stereocenters. The molecular formula is C21H22N2O5S. The maximum atomic E-state index is 12.0. The van der Waals surface area contributed by atoms with Gasteiger partial charge in [-0.15, -0.1) is 11.8 Å². The third-order valence-electron chi connectivity index (χ3n) is 4.15. The molecule has 3 aromatic rings. The Hall–Kier alpha value is -3.00. The van der Waals surface area contributed by atoms with E-state index in [0.29, 0.717) is 22.9 Å². The van der Waals surface area contributed by atoms with Gasteiger partial charge in [0.1, 0.15) is 11.5 Å². The number of ether oxygens (including phenoxy) is 3. The molecule has 1 heterocycles. The maximum Gasteiger partial charge on any atom is 0.316 e. The number of hydrogen-bond donors (Lipinski definition) is 0. The summed E-state index contributed by atoms with van der Waals surface area (Å²) in [6.07, 6.45) is 0. The highest BCUT2D eigenvalue weighted by Gasteiger charge is 2.15. The van der Waals surface area contributed by atoms with E-state index in [1.165, 1.54) is 17.3 Å². The summed E-state index contributed by atoms with van der Waals surface area (Å²) >= 11 is 1.44. The van der Waals surface area contributed by atoms with Crippen LogP contribution in [0.4, 0.5) is 0 Å². The summed E-state index contributed by atoms with van der Waals surface area (Å²) in [6.45, 7) is 3.97. The van der Waals surface area contributed by atoms with E-state index in [2.05, 4.69) is 16.2 Å². The predicted molar refractivity (Wildman–Crippen MR) is 109 cm³/mol. The topological polar surface area (TPSA) is 83.7 Å². The summed E-state index contributed by atoms with van der Waals surface area (Å²) in [5.74, 6) is 1.62. The molecule has 1 aromatic heterocycles. The second-order valence-electron chi connectivity index (χ2n) is 6.30. The molecule has 0 atom stereocenters. The van der Waals surface area contributed by atoms with Crippen molar-refractivity contribution >= 4 is 17.7 Å². The van der Waals surface area contributed by atoms with E-state index < -0.39 is 0 Å². The molecule has 29 heavy (non-hydrogen) atoms. The molecule has 0 bridgehead atoms. The largest absolute Gasteiger partial charge is 0.497 e. The van der Waals surface area contributed by atoms with Gasteiger partial charge in [0, 0.05) is 11.0 Å². The van der Waals surface area contributed by atoms with Crippen molar-refractivity contribution in [1.29, 1.82) is 0 Å². The Bertz CT molecular complexity index is 1000. The highest BCUT2D eigenvalue weighted by atomic mass is 32.2. The Morgan fingerprint density at radius 2 is 1.93 bits per heavy atom. The fraction of sp³-hybridized carbons (Fsp3) is 0.286. The third kappa shape index (κ3) is 5.29. The van der Waals surface area contributed by atoms with Crippen LogP contribution < -0.4 is 9.47 Å². The van der Waals surface area contributed by atoms with Crippen molar-refractivity contribution in [3.63, 3.8) is 0 Å². The van der Waals surface area contributed by atoms with Crippen LogP contribution in [-0.2, 0) is 16.1 Å². The number of thioether (sulfide) groups is 1. The number of hydrogen-bond acceptors (Lipinski definition) is 8. The van der Waals surface area contributed by atoms with Gasteiger partial charge >= 0.3 is 5.97 Å². The molecule has 8 heteroatoms. The minimum Gasteiger partial charge on any atom is -0.497 e. The second-order valence-corrected chi connectivity index (χ2v) is 7.31. The lowest BCUT2D eigenvalue weighted by Crippen LogP contribution is -2.07. The first-order chi connectivity index (χ1) is 14.0. The first kappa shape index (κ1) is 20.7. The summed E-state index contributed by atoms with van der Waals surface area (Å²) in [5.41, 5.74) is 2.98. The monoisotopic (exact) mass is 414 g/mol. The molecule has 0 aliphatic rings. The summed E-state index contributed by atoms with van der Waals surface area (Å²) < 4.78 is 21.0. The van der Waals surface area contributed by atoms with Crippen LogP contribution in [0.25, 0.3) is 11.4 Å². The number of carbonyl (C=O) groups is 1. The first-order valence-corrected chi connectivity index (χ1v) is 9.89. The zero-order valence-corrected chi connectivity index (χ0v) is 17.5. The lowest BCUT2D eigenvalue weighted by molar-refractivity contribution is -0.142. The number of methoxy groups -OCH3 is 2. The van der Waals surface area contributed by atoms with Crippen molar-refractivity contribution in [2.45, 2.75) is 25.3 Å². The van der Waals surface area contributed by atoms with E-state index in [1.807, 2.05) is 26.0 Å². The standard InChI is InChI=1S/C21H22N2O5S/c1-13-5-8-18(14(2)9-13)29-12-20(24)27-11-19-22-21(23-28-19)16-7-6-15(25-3)10-17(16)26-4/h5-10H,11-12H2,1-4H3. The molecule has 0 spiro atoms. The Morgan fingerprint density at radius 1 is 1.10 bits per heavy atom. The average Bonchev–Trinajstić information content (AvgIpc) is 3.20. The third-order valence-corrected chi connectivity index (χ3v) is 5.30.